The van der Waals surface area contributed by atoms with Gasteiger partial charge in [-0.25, -0.2) is 0 Å². The summed E-state index contributed by atoms with van der Waals surface area (Å²) in [6, 6.07) is 20.9. The first kappa shape index (κ1) is 27.7. The van der Waals surface area contributed by atoms with E-state index < -0.39 is 12.1 Å². The summed E-state index contributed by atoms with van der Waals surface area (Å²) in [7, 11) is 0. The second-order valence-corrected chi connectivity index (χ2v) is 11.4. The number of carbonyl (C=O) groups is 2. The van der Waals surface area contributed by atoms with Crippen molar-refractivity contribution in [3.63, 3.8) is 0 Å². The molecule has 1 fully saturated rings. The van der Waals surface area contributed by atoms with E-state index in [0.717, 1.165) is 22.3 Å². The number of nitrogens with zero attached hydrogens (tertiary/aromatic N) is 3. The lowest BCUT2D eigenvalue weighted by Gasteiger charge is -2.50. The van der Waals surface area contributed by atoms with E-state index in [-0.39, 0.29) is 28.0 Å². The summed E-state index contributed by atoms with van der Waals surface area (Å²) in [5, 5.41) is 19.8. The van der Waals surface area contributed by atoms with Gasteiger partial charge in [0.05, 0.1) is 23.7 Å². The Morgan fingerprint density at radius 1 is 1.25 bits per heavy atom. The molecule has 40 heavy (non-hydrogen) atoms. The third kappa shape index (κ3) is 6.14. The molecule has 2 atom stereocenters. The molecule has 3 heterocycles. The fourth-order valence-electron chi connectivity index (χ4n) is 4.59. The summed E-state index contributed by atoms with van der Waals surface area (Å²) in [5.74, 6) is 0.231. The minimum atomic E-state index is -0.662. The van der Waals surface area contributed by atoms with Gasteiger partial charge < -0.3 is 10.1 Å². The van der Waals surface area contributed by atoms with Crippen molar-refractivity contribution < 1.29 is 14.3 Å². The molecule has 11 heteroatoms. The van der Waals surface area contributed by atoms with E-state index in [1.54, 1.807) is 28.3 Å². The quantitative estimate of drug-likeness (QED) is 0.203. The number of nitriles is 1. The molecule has 2 N–H and O–H groups in total. The van der Waals surface area contributed by atoms with Gasteiger partial charge in [-0.2, -0.15) is 10.4 Å². The van der Waals surface area contributed by atoms with E-state index in [1.165, 1.54) is 17.8 Å². The van der Waals surface area contributed by atoms with Crippen molar-refractivity contribution in [2.24, 2.45) is 0 Å². The Hall–Kier alpha value is -3.85. The largest absolute Gasteiger partial charge is 0.469 e. The van der Waals surface area contributed by atoms with Crippen LogP contribution in [0.2, 0.25) is 0 Å². The summed E-state index contributed by atoms with van der Waals surface area (Å²) in [6.45, 7) is 0. The van der Waals surface area contributed by atoms with Crippen molar-refractivity contribution in [3.8, 4) is 6.07 Å². The van der Waals surface area contributed by atoms with Crippen molar-refractivity contribution in [2.75, 3.05) is 11.5 Å². The number of aromatic amines is 1. The first-order chi connectivity index (χ1) is 19.6. The lowest BCUT2D eigenvalue weighted by Crippen LogP contribution is -2.70. The third-order valence-corrected chi connectivity index (χ3v) is 8.80. The van der Waals surface area contributed by atoms with Gasteiger partial charge >= 0.3 is 0 Å². The van der Waals surface area contributed by atoms with Gasteiger partial charge in [0.25, 0.3) is 5.91 Å². The topological polar surface area (TPSA) is 111 Å². The number of fused-ring (bicyclic) bond motifs is 1. The molecule has 0 unspecified atom stereocenters. The van der Waals surface area contributed by atoms with E-state index in [4.69, 9.17) is 22.2 Å². The fraction of sp³-hybridized carbons (Fsp3) is 0.207. The molecule has 5 rings (SSSR count). The number of aromatic nitrogens is 2. The predicted molar refractivity (Wildman–Crippen MR) is 160 cm³/mol. The molecule has 2 aliphatic heterocycles. The van der Waals surface area contributed by atoms with Crippen LogP contribution >= 0.6 is 35.7 Å². The first-order valence-corrected chi connectivity index (χ1v) is 15.0. The molecule has 2 aromatic carbocycles. The number of carbonyl (C=O) groups excluding carboxylic acids is 2. The average molecular weight is 588 g/mol. The molecule has 0 aliphatic carbocycles. The molecule has 1 saturated heterocycles. The van der Waals surface area contributed by atoms with Crippen molar-refractivity contribution in [1.82, 2.24) is 20.4 Å². The lowest BCUT2D eigenvalue weighted by atomic mass is 9.99. The molecule has 1 aromatic heterocycles. The Morgan fingerprint density at radius 3 is 2.58 bits per heavy atom. The summed E-state index contributed by atoms with van der Waals surface area (Å²) in [6.07, 6.45) is 4.97. The highest BCUT2D eigenvalue weighted by molar-refractivity contribution is 8.02. The molecule has 8 nitrogen and oxygen atoms in total. The molecule has 3 aromatic rings. The van der Waals surface area contributed by atoms with Crippen LogP contribution in [0.1, 0.15) is 22.8 Å². The van der Waals surface area contributed by atoms with Gasteiger partial charge in [0.1, 0.15) is 17.5 Å². The average Bonchev–Trinajstić information content (AvgIpc) is 3.50. The first-order valence-electron chi connectivity index (χ1n) is 12.5. The van der Waals surface area contributed by atoms with Crippen molar-refractivity contribution in [2.45, 2.75) is 23.9 Å². The molecule has 0 saturated carbocycles. The number of H-pyrrole nitrogens is 1. The monoisotopic (exact) mass is 587 g/mol. The van der Waals surface area contributed by atoms with Crippen LogP contribution < -0.4 is 5.32 Å². The minimum absolute atomic E-state index is 0.116. The SMILES string of the molecule is N#C/C=C\SCC(=O)N[C@@H]1C(=O)N2C(C(=S)OC(c3ccccc3)c3ccccc3)=C(Cc3cn[nH]c3)CS[C@H]12. The van der Waals surface area contributed by atoms with Crippen LogP contribution in [-0.2, 0) is 20.7 Å². The molecular formula is C29H25N5O3S3. The Bertz CT molecular complexity index is 1430. The van der Waals surface area contributed by atoms with Gasteiger partial charge in [-0.15, -0.1) is 23.5 Å². The van der Waals surface area contributed by atoms with Crippen molar-refractivity contribution in [3.05, 3.63) is 113 Å². The highest BCUT2D eigenvalue weighted by atomic mass is 32.2. The fourth-order valence-corrected chi connectivity index (χ4v) is 6.77. The highest BCUT2D eigenvalue weighted by Crippen LogP contribution is 2.42. The van der Waals surface area contributed by atoms with Gasteiger partial charge in [-0.1, -0.05) is 60.7 Å². The molecule has 0 radical (unpaired) electrons. The van der Waals surface area contributed by atoms with Crippen LogP contribution in [0.25, 0.3) is 0 Å². The Kier molecular flexibility index (Phi) is 9.01. The number of benzene rings is 2. The highest BCUT2D eigenvalue weighted by Gasteiger charge is 2.53. The zero-order chi connectivity index (χ0) is 27.9. The summed E-state index contributed by atoms with van der Waals surface area (Å²) in [4.78, 5) is 27.6. The zero-order valence-electron chi connectivity index (χ0n) is 21.2. The number of allylic oxidation sites excluding steroid dienone is 1. The number of thioether (sulfide) groups is 2. The van der Waals surface area contributed by atoms with Crippen molar-refractivity contribution in [1.29, 1.82) is 5.26 Å². The van der Waals surface area contributed by atoms with Gasteiger partial charge in [0, 0.05) is 18.0 Å². The van der Waals surface area contributed by atoms with Gasteiger partial charge in [-0.05, 0) is 46.3 Å². The van der Waals surface area contributed by atoms with Crippen LogP contribution in [0, 0.1) is 11.3 Å². The molecule has 2 amide bonds. The normalized spacial score (nSPS) is 18.3. The third-order valence-electron chi connectivity index (χ3n) is 6.41. The number of hydrogen-bond donors (Lipinski definition) is 2. The second-order valence-electron chi connectivity index (χ2n) is 9.04. The van der Waals surface area contributed by atoms with Crippen LogP contribution in [0.5, 0.6) is 0 Å². The van der Waals surface area contributed by atoms with Crippen LogP contribution in [0.15, 0.2) is 95.8 Å². The van der Waals surface area contributed by atoms with Crippen molar-refractivity contribution >= 4 is 52.6 Å². The summed E-state index contributed by atoms with van der Waals surface area (Å²) < 4.78 is 6.53. The number of nitrogens with one attached hydrogen (secondary N) is 2. The van der Waals surface area contributed by atoms with Gasteiger partial charge in [-0.3, -0.25) is 19.6 Å². The summed E-state index contributed by atoms with van der Waals surface area (Å²) >= 11 is 8.70. The van der Waals surface area contributed by atoms with Gasteiger partial charge in [0.15, 0.2) is 0 Å². The maximum Gasteiger partial charge on any atom is 0.253 e. The van der Waals surface area contributed by atoms with E-state index in [0.29, 0.717) is 17.9 Å². The summed E-state index contributed by atoms with van der Waals surface area (Å²) in [5.41, 5.74) is 4.40. The number of thiocarbonyl (C=S) groups is 1. The van der Waals surface area contributed by atoms with Crippen LogP contribution in [-0.4, -0.2) is 54.9 Å². The molecule has 0 spiro atoms. The maximum atomic E-state index is 13.5. The van der Waals surface area contributed by atoms with Crippen LogP contribution in [0.4, 0.5) is 0 Å². The number of amides is 2. The maximum absolute atomic E-state index is 13.5. The molecule has 2 aliphatic rings. The Labute approximate surface area is 245 Å². The standard InChI is InChI=1S/C29H25N5O3S3/c30-12-7-13-39-18-23(35)33-24-27(36)34-25(22(17-40-28(24)34)14-19-15-31-32-16-19)29(38)37-26(20-8-3-1-4-9-20)21-10-5-2-6-11-21/h1-11,13,15-16,24,26,28H,14,17-18H2,(H,31,32)(H,33,35)/b13-7-/t24-,28-/m1/s1. The van der Waals surface area contributed by atoms with E-state index in [2.05, 4.69) is 15.5 Å². The number of rotatable bonds is 10. The number of β-lactam (4-membered cyclic amide) rings is 1. The van der Waals surface area contributed by atoms with Gasteiger partial charge in [0.2, 0.25) is 11.0 Å². The van der Waals surface area contributed by atoms with E-state index >= 15 is 0 Å². The lowest BCUT2D eigenvalue weighted by molar-refractivity contribution is -0.145. The minimum Gasteiger partial charge on any atom is -0.469 e. The predicted octanol–water partition coefficient (Wildman–Crippen LogP) is 4.51. The van der Waals surface area contributed by atoms with Crippen LogP contribution in [0.3, 0.4) is 0 Å². The Balaban J connectivity index is 1.41. The van der Waals surface area contributed by atoms with E-state index in [9.17, 15) is 9.59 Å². The second kappa shape index (κ2) is 13.0. The van der Waals surface area contributed by atoms with E-state index in [1.807, 2.05) is 72.9 Å². The molecular weight excluding hydrogens is 563 g/mol. The zero-order valence-corrected chi connectivity index (χ0v) is 23.7. The smallest absolute Gasteiger partial charge is 0.253 e. The number of ether oxygens (including phenoxy) is 1. The molecule has 0 bridgehead atoms. The number of hydrogen-bond acceptors (Lipinski definition) is 8. The molecule has 202 valence electrons. The Morgan fingerprint density at radius 2 is 1.95 bits per heavy atom.